The predicted octanol–water partition coefficient (Wildman–Crippen LogP) is 4.89. The Labute approximate surface area is 276 Å². The molecule has 48 heavy (non-hydrogen) atoms. The Kier molecular flexibility index (Phi) is 7.34. The first-order valence-corrected chi connectivity index (χ1v) is 16.5. The maximum absolute atomic E-state index is 15.3. The Morgan fingerprint density at radius 2 is 2.00 bits per heavy atom. The van der Waals surface area contributed by atoms with E-state index >= 15 is 8.78 Å². The number of phenols is 1. The first kappa shape index (κ1) is 31.0. The highest BCUT2D eigenvalue weighted by Gasteiger charge is 2.59. The zero-order chi connectivity index (χ0) is 33.4. The van der Waals surface area contributed by atoms with Gasteiger partial charge < -0.3 is 24.4 Å². The van der Waals surface area contributed by atoms with Crippen LogP contribution in [0.4, 0.5) is 19.0 Å². The molecular formula is C36H36F3N5O4. The fraction of sp³-hybridized carbons (Fsp3) is 0.472. The summed E-state index contributed by atoms with van der Waals surface area (Å²) >= 11 is 0. The van der Waals surface area contributed by atoms with E-state index in [-0.39, 0.29) is 49.0 Å². The lowest BCUT2D eigenvalue weighted by molar-refractivity contribution is -0.132. The van der Waals surface area contributed by atoms with Crippen LogP contribution in [0.3, 0.4) is 0 Å². The molecule has 0 radical (unpaired) electrons. The van der Waals surface area contributed by atoms with Crippen LogP contribution in [-0.4, -0.2) is 87.1 Å². The number of ether oxygens (including phenoxy) is 2. The van der Waals surface area contributed by atoms with Crippen LogP contribution in [0.5, 0.6) is 11.8 Å². The van der Waals surface area contributed by atoms with Gasteiger partial charge >= 0.3 is 6.01 Å². The van der Waals surface area contributed by atoms with Gasteiger partial charge in [0.25, 0.3) is 5.92 Å². The van der Waals surface area contributed by atoms with Gasteiger partial charge in [-0.2, -0.15) is 9.97 Å². The Morgan fingerprint density at radius 3 is 2.73 bits per heavy atom. The minimum atomic E-state index is -3.07. The number of phenolic OH excluding ortho intramolecular Hbond substituents is 1. The van der Waals surface area contributed by atoms with Crippen molar-refractivity contribution in [2.45, 2.75) is 74.8 Å². The number of hydrogen-bond donors (Lipinski definition) is 1. The molecule has 1 amide bonds. The summed E-state index contributed by atoms with van der Waals surface area (Å²) in [6.45, 7) is 6.04. The molecule has 0 saturated carbocycles. The molecule has 0 unspecified atom stereocenters. The van der Waals surface area contributed by atoms with Gasteiger partial charge in [0.2, 0.25) is 5.91 Å². The van der Waals surface area contributed by atoms with Crippen LogP contribution in [-0.2, 0) is 22.6 Å². The number of amides is 1. The molecule has 250 valence electrons. The number of alkyl halides is 2. The van der Waals surface area contributed by atoms with Crippen molar-refractivity contribution < 1.29 is 32.5 Å². The van der Waals surface area contributed by atoms with E-state index in [1.165, 1.54) is 23.1 Å². The van der Waals surface area contributed by atoms with E-state index in [0.717, 1.165) is 44.8 Å². The average Bonchev–Trinajstić information content (AvgIpc) is 3.70. The van der Waals surface area contributed by atoms with E-state index in [9.17, 15) is 14.3 Å². The number of terminal acetylenes is 1. The minimum Gasteiger partial charge on any atom is -0.508 e. The van der Waals surface area contributed by atoms with Crippen molar-refractivity contribution in [3.63, 3.8) is 0 Å². The Balaban J connectivity index is 1.18. The highest BCUT2D eigenvalue weighted by Crippen LogP contribution is 2.46. The van der Waals surface area contributed by atoms with Gasteiger partial charge in [-0.1, -0.05) is 18.6 Å². The lowest BCUT2D eigenvalue weighted by atomic mass is 9.91. The van der Waals surface area contributed by atoms with E-state index < -0.39 is 42.3 Å². The molecule has 0 spiro atoms. The zero-order valence-corrected chi connectivity index (χ0v) is 26.4. The number of aromatic nitrogens is 2. The minimum absolute atomic E-state index is 0.0193. The van der Waals surface area contributed by atoms with Crippen molar-refractivity contribution in [3.8, 4) is 24.1 Å². The highest BCUT2D eigenvalue weighted by molar-refractivity contribution is 5.93. The van der Waals surface area contributed by atoms with E-state index in [1.54, 1.807) is 11.0 Å². The molecule has 2 aromatic carbocycles. The van der Waals surface area contributed by atoms with Gasteiger partial charge in [0.1, 0.15) is 30.0 Å². The number of aromatic hydroxyl groups is 1. The van der Waals surface area contributed by atoms with Crippen LogP contribution in [0.15, 0.2) is 36.9 Å². The fourth-order valence-corrected chi connectivity index (χ4v) is 8.80. The second-order valence-electron chi connectivity index (χ2n) is 13.7. The van der Waals surface area contributed by atoms with Gasteiger partial charge in [0, 0.05) is 36.9 Å². The first-order valence-electron chi connectivity index (χ1n) is 16.5. The summed E-state index contributed by atoms with van der Waals surface area (Å²) in [5.41, 5.74) is 1.77. The average molecular weight is 660 g/mol. The topological polar surface area (TPSA) is 91.3 Å². The van der Waals surface area contributed by atoms with Crippen molar-refractivity contribution in [3.05, 3.63) is 65.1 Å². The van der Waals surface area contributed by atoms with Crippen LogP contribution in [0, 0.1) is 18.2 Å². The third-order valence-corrected chi connectivity index (χ3v) is 11.0. The molecule has 3 atom stereocenters. The number of benzene rings is 2. The third-order valence-electron chi connectivity index (χ3n) is 11.0. The number of carbonyl (C=O) groups is 1. The van der Waals surface area contributed by atoms with Crippen molar-refractivity contribution in [1.29, 1.82) is 0 Å². The fourth-order valence-electron chi connectivity index (χ4n) is 8.80. The summed E-state index contributed by atoms with van der Waals surface area (Å²) in [4.78, 5) is 27.8. The first-order chi connectivity index (χ1) is 23.1. The van der Waals surface area contributed by atoms with Gasteiger partial charge in [-0.05, 0) is 74.0 Å². The van der Waals surface area contributed by atoms with Crippen molar-refractivity contribution in [1.82, 2.24) is 19.8 Å². The summed E-state index contributed by atoms with van der Waals surface area (Å²) < 4.78 is 58.1. The van der Waals surface area contributed by atoms with Crippen LogP contribution in [0.25, 0.3) is 10.8 Å². The van der Waals surface area contributed by atoms with E-state index in [1.807, 2.05) is 0 Å². The molecule has 6 heterocycles. The van der Waals surface area contributed by atoms with Crippen LogP contribution < -0.4 is 9.64 Å². The molecule has 8 rings (SSSR count). The molecule has 9 nitrogen and oxygen atoms in total. The molecule has 5 aliphatic heterocycles. The molecule has 5 aliphatic rings. The van der Waals surface area contributed by atoms with Crippen LogP contribution >= 0.6 is 0 Å². The Hall–Kier alpha value is -4.34. The molecule has 12 heteroatoms. The van der Waals surface area contributed by atoms with Crippen molar-refractivity contribution in [2.24, 2.45) is 0 Å². The number of piperazine rings is 1. The SMILES string of the molecule is C#Cc1c(F)ccc2cc(O)cc([C@@H]3Cc4nc(OCC56CCCN5CCC6)nc(N5C[C@H]6CC(F)(F)[C@@H](C5)N6C(=O)C=C)c4CO3)c12. The number of nitrogens with zero attached hydrogens (tertiary/aromatic N) is 5. The molecule has 4 saturated heterocycles. The third kappa shape index (κ3) is 4.89. The lowest BCUT2D eigenvalue weighted by Crippen LogP contribution is -2.58. The number of rotatable bonds is 6. The largest absolute Gasteiger partial charge is 0.508 e. The van der Waals surface area contributed by atoms with Crippen molar-refractivity contribution >= 4 is 22.5 Å². The summed E-state index contributed by atoms with van der Waals surface area (Å²) in [6.07, 6.45) is 10.2. The summed E-state index contributed by atoms with van der Waals surface area (Å²) in [7, 11) is 0. The van der Waals surface area contributed by atoms with Crippen LogP contribution in [0.2, 0.25) is 0 Å². The quantitative estimate of drug-likeness (QED) is 0.296. The monoisotopic (exact) mass is 659 g/mol. The maximum Gasteiger partial charge on any atom is 0.318 e. The zero-order valence-electron chi connectivity index (χ0n) is 26.4. The van der Waals surface area contributed by atoms with E-state index in [0.29, 0.717) is 40.0 Å². The molecule has 2 bridgehead atoms. The Bertz CT molecular complexity index is 1870. The number of fused-ring (bicyclic) bond motifs is 5. The molecule has 0 aliphatic carbocycles. The van der Waals surface area contributed by atoms with Crippen molar-refractivity contribution in [2.75, 3.05) is 37.7 Å². The van der Waals surface area contributed by atoms with Gasteiger partial charge in [0.05, 0.1) is 35.5 Å². The summed E-state index contributed by atoms with van der Waals surface area (Å²) in [5.74, 6) is -1.27. The molecular weight excluding hydrogens is 623 g/mol. The maximum atomic E-state index is 15.3. The smallest absolute Gasteiger partial charge is 0.318 e. The summed E-state index contributed by atoms with van der Waals surface area (Å²) in [5, 5.41) is 11.6. The van der Waals surface area contributed by atoms with E-state index in [4.69, 9.17) is 25.9 Å². The predicted molar refractivity (Wildman–Crippen MR) is 171 cm³/mol. The van der Waals surface area contributed by atoms with Gasteiger partial charge in [-0.25, -0.2) is 13.2 Å². The highest BCUT2D eigenvalue weighted by atomic mass is 19.3. The molecule has 1 aromatic heterocycles. The molecule has 4 fully saturated rings. The molecule has 1 N–H and O–H groups in total. The number of carbonyl (C=O) groups excluding carboxylic acids is 1. The van der Waals surface area contributed by atoms with Gasteiger partial charge in [-0.15, -0.1) is 6.42 Å². The summed E-state index contributed by atoms with van der Waals surface area (Å²) in [6, 6.07) is 3.98. The standard InChI is InChI=1S/C36H36F3N5O4/c1-3-24-27(37)8-7-21-13-23(45)14-25(32(21)24)29-15-28-26(19-47-29)33(41-34(40-28)48-20-35-9-5-11-43(35)12-6-10-35)42-17-22-16-36(38,39)30(18-42)44(22)31(46)4-2/h1,4,7-8,13-14,22,29-30,45H,2,5-6,9-12,15-20H2/t22-,29+,30-/m1/s1. The van der Waals surface area contributed by atoms with Gasteiger partial charge in [-0.3, -0.25) is 9.69 Å². The number of hydrogen-bond acceptors (Lipinski definition) is 8. The van der Waals surface area contributed by atoms with Crippen LogP contribution in [0.1, 0.15) is 60.6 Å². The lowest BCUT2D eigenvalue weighted by Gasteiger charge is -2.42. The second kappa shape index (κ2) is 11.4. The number of anilines is 1. The normalized spacial score (nSPS) is 25.5. The Morgan fingerprint density at radius 1 is 1.21 bits per heavy atom. The molecule has 3 aromatic rings. The number of halogens is 3. The second-order valence-corrected chi connectivity index (χ2v) is 13.7. The van der Waals surface area contributed by atoms with Gasteiger partial charge in [0.15, 0.2) is 0 Å². The van der Waals surface area contributed by atoms with E-state index in [2.05, 4.69) is 17.4 Å².